The van der Waals surface area contributed by atoms with Gasteiger partial charge in [0, 0.05) is 17.5 Å². The zero-order valence-electron chi connectivity index (χ0n) is 16.0. The molecule has 0 radical (unpaired) electrons. The zero-order valence-corrected chi connectivity index (χ0v) is 16.8. The monoisotopic (exact) mass is 428 g/mol. The molecule has 1 amide bonds. The van der Waals surface area contributed by atoms with Gasteiger partial charge < -0.3 is 19.3 Å². The number of aromatic nitrogens is 5. The molecule has 1 atom stereocenters. The molecule has 2 N–H and O–H groups in total. The van der Waals surface area contributed by atoms with Crippen molar-refractivity contribution < 1.29 is 18.7 Å². The molecule has 11 heteroatoms. The molecule has 10 nitrogen and oxygen atoms in total. The predicted octanol–water partition coefficient (Wildman–Crippen LogP) is 3.24. The van der Waals surface area contributed by atoms with E-state index in [4.69, 9.17) is 20.4 Å². The summed E-state index contributed by atoms with van der Waals surface area (Å²) < 4.78 is 11.0. The molecule has 0 spiro atoms. The van der Waals surface area contributed by atoms with Crippen molar-refractivity contribution in [2.45, 2.75) is 26.5 Å². The lowest BCUT2D eigenvalue weighted by Gasteiger charge is -2.02. The summed E-state index contributed by atoms with van der Waals surface area (Å²) in [7, 11) is 0. The second-order valence-electron chi connectivity index (χ2n) is 6.48. The number of aliphatic hydroxyl groups is 1. The molecule has 0 aliphatic heterocycles. The molecule has 4 aromatic rings. The topological polar surface area (TPSA) is 132 Å². The van der Waals surface area contributed by atoms with Crippen molar-refractivity contribution in [3.63, 3.8) is 0 Å². The first-order valence-electron chi connectivity index (χ1n) is 8.96. The van der Waals surface area contributed by atoms with Crippen LogP contribution >= 0.6 is 11.6 Å². The lowest BCUT2D eigenvalue weighted by molar-refractivity contribution is 0.102. The van der Waals surface area contributed by atoms with Crippen molar-refractivity contribution in [2.24, 2.45) is 0 Å². The molecule has 0 fully saturated rings. The summed E-state index contributed by atoms with van der Waals surface area (Å²) >= 11 is 6.04. The maximum atomic E-state index is 12.8. The number of carbonyl (C=O) groups is 1. The van der Waals surface area contributed by atoms with Crippen LogP contribution in [-0.2, 0) is 6.54 Å². The first kappa shape index (κ1) is 19.8. The lowest BCUT2D eigenvalue weighted by atomic mass is 10.1. The van der Waals surface area contributed by atoms with E-state index in [0.717, 1.165) is 0 Å². The fourth-order valence-electron chi connectivity index (χ4n) is 2.74. The summed E-state index contributed by atoms with van der Waals surface area (Å²) in [5, 5.41) is 20.9. The molecule has 3 heterocycles. The van der Waals surface area contributed by atoms with Gasteiger partial charge in [-0.1, -0.05) is 23.7 Å². The third-order valence-electron chi connectivity index (χ3n) is 4.04. The van der Waals surface area contributed by atoms with Gasteiger partial charge in [0.1, 0.15) is 18.4 Å². The Morgan fingerprint density at radius 1 is 1.33 bits per heavy atom. The van der Waals surface area contributed by atoms with Crippen LogP contribution < -0.4 is 5.32 Å². The SMILES string of the molecule is Cc1nc(C(=O)Nc2cnn(Cc3cnc(C(C)O)o3)n2)c(-c2cccc(Cl)c2)o1. The van der Waals surface area contributed by atoms with Crippen molar-refractivity contribution in [2.75, 3.05) is 5.32 Å². The van der Waals surface area contributed by atoms with Crippen molar-refractivity contribution >= 4 is 23.3 Å². The number of hydrogen-bond donors (Lipinski definition) is 2. The Morgan fingerprint density at radius 3 is 2.90 bits per heavy atom. The van der Waals surface area contributed by atoms with E-state index in [9.17, 15) is 9.90 Å². The van der Waals surface area contributed by atoms with Crippen LogP contribution in [0.2, 0.25) is 5.02 Å². The normalized spacial score (nSPS) is 12.1. The van der Waals surface area contributed by atoms with Gasteiger partial charge in [-0.2, -0.15) is 9.90 Å². The van der Waals surface area contributed by atoms with Gasteiger partial charge in [0.25, 0.3) is 5.91 Å². The number of amides is 1. The third kappa shape index (κ3) is 4.24. The molecule has 0 aliphatic rings. The Balaban J connectivity index is 1.50. The molecule has 30 heavy (non-hydrogen) atoms. The molecular weight excluding hydrogens is 412 g/mol. The number of halogens is 1. The standard InChI is InChI=1S/C19H17ClN6O4/c1-10(27)19-21-7-14(30-19)9-26-22-8-15(25-26)24-18(28)16-17(29-11(2)23-16)12-4-3-5-13(20)6-12/h3-8,10,27H,9H2,1-2H3,(H,24,25,28). The maximum Gasteiger partial charge on any atom is 0.279 e. The van der Waals surface area contributed by atoms with E-state index in [2.05, 4.69) is 25.5 Å². The summed E-state index contributed by atoms with van der Waals surface area (Å²) in [6.07, 6.45) is 2.08. The van der Waals surface area contributed by atoms with E-state index in [1.807, 2.05) is 0 Å². The van der Waals surface area contributed by atoms with Gasteiger partial charge >= 0.3 is 0 Å². The predicted molar refractivity (Wildman–Crippen MR) is 106 cm³/mol. The minimum Gasteiger partial charge on any atom is -0.441 e. The van der Waals surface area contributed by atoms with Gasteiger partial charge in [-0.3, -0.25) is 4.79 Å². The van der Waals surface area contributed by atoms with Crippen LogP contribution in [0.4, 0.5) is 5.82 Å². The highest BCUT2D eigenvalue weighted by atomic mass is 35.5. The van der Waals surface area contributed by atoms with Crippen molar-refractivity contribution in [1.29, 1.82) is 0 Å². The number of anilines is 1. The van der Waals surface area contributed by atoms with Crippen LogP contribution in [0.3, 0.4) is 0 Å². The summed E-state index contributed by atoms with van der Waals surface area (Å²) in [5.41, 5.74) is 0.747. The average molecular weight is 429 g/mol. The number of aryl methyl sites for hydroxylation is 1. The van der Waals surface area contributed by atoms with E-state index in [1.54, 1.807) is 38.1 Å². The number of hydrogen-bond acceptors (Lipinski definition) is 8. The second-order valence-corrected chi connectivity index (χ2v) is 6.91. The van der Waals surface area contributed by atoms with Gasteiger partial charge in [0.05, 0.1) is 12.4 Å². The molecule has 0 aliphatic carbocycles. The van der Waals surface area contributed by atoms with Crippen LogP contribution in [0.15, 0.2) is 45.5 Å². The van der Waals surface area contributed by atoms with E-state index in [-0.39, 0.29) is 23.9 Å². The summed E-state index contributed by atoms with van der Waals surface area (Å²) in [6, 6.07) is 6.95. The molecular formula is C19H17ClN6O4. The van der Waals surface area contributed by atoms with Crippen LogP contribution in [0.5, 0.6) is 0 Å². The maximum absolute atomic E-state index is 12.8. The Bertz CT molecular complexity index is 1200. The van der Waals surface area contributed by atoms with Gasteiger partial charge in [0.2, 0.25) is 5.89 Å². The van der Waals surface area contributed by atoms with Crippen molar-refractivity contribution in [1.82, 2.24) is 25.0 Å². The van der Waals surface area contributed by atoms with Crippen LogP contribution in [-0.4, -0.2) is 36.0 Å². The number of benzene rings is 1. The molecule has 1 aromatic carbocycles. The number of rotatable bonds is 6. The molecule has 0 bridgehead atoms. The third-order valence-corrected chi connectivity index (χ3v) is 4.28. The molecule has 0 saturated heterocycles. The first-order valence-corrected chi connectivity index (χ1v) is 9.34. The Morgan fingerprint density at radius 2 is 2.17 bits per heavy atom. The van der Waals surface area contributed by atoms with Gasteiger partial charge in [-0.25, -0.2) is 9.97 Å². The molecule has 154 valence electrons. The zero-order chi connectivity index (χ0) is 21.3. The lowest BCUT2D eigenvalue weighted by Crippen LogP contribution is -2.14. The fourth-order valence-corrected chi connectivity index (χ4v) is 2.93. The Hall–Kier alpha value is -3.50. The minimum absolute atomic E-state index is 0.112. The Kier molecular flexibility index (Phi) is 5.34. The van der Waals surface area contributed by atoms with Gasteiger partial charge in [0.15, 0.2) is 23.2 Å². The first-order chi connectivity index (χ1) is 14.4. The molecule has 3 aromatic heterocycles. The molecule has 1 unspecified atom stereocenters. The molecule has 0 saturated carbocycles. The minimum atomic E-state index is -0.807. The fraction of sp³-hybridized carbons (Fsp3) is 0.211. The quantitative estimate of drug-likeness (QED) is 0.478. The number of nitrogens with zero attached hydrogens (tertiary/aromatic N) is 5. The van der Waals surface area contributed by atoms with E-state index in [1.165, 1.54) is 17.2 Å². The largest absolute Gasteiger partial charge is 0.441 e. The Labute approximate surface area is 175 Å². The van der Waals surface area contributed by atoms with Gasteiger partial charge in [-0.15, -0.1) is 5.10 Å². The highest BCUT2D eigenvalue weighted by molar-refractivity contribution is 6.30. The van der Waals surface area contributed by atoms with Crippen molar-refractivity contribution in [3.05, 3.63) is 64.9 Å². The van der Waals surface area contributed by atoms with Crippen LogP contribution in [0.1, 0.15) is 41.1 Å². The summed E-state index contributed by atoms with van der Waals surface area (Å²) in [6.45, 7) is 3.39. The van der Waals surface area contributed by atoms with Crippen molar-refractivity contribution in [3.8, 4) is 11.3 Å². The highest BCUT2D eigenvalue weighted by Crippen LogP contribution is 2.27. The summed E-state index contributed by atoms with van der Waals surface area (Å²) in [4.78, 5) is 22.2. The second kappa shape index (κ2) is 8.09. The van der Waals surface area contributed by atoms with Gasteiger partial charge in [-0.05, 0) is 19.1 Å². The summed E-state index contributed by atoms with van der Waals surface area (Å²) in [5.74, 6) is 1.07. The van der Waals surface area contributed by atoms with Crippen LogP contribution in [0, 0.1) is 6.92 Å². The van der Waals surface area contributed by atoms with E-state index < -0.39 is 12.0 Å². The number of nitrogens with one attached hydrogen (secondary N) is 1. The van der Waals surface area contributed by atoms with E-state index >= 15 is 0 Å². The smallest absolute Gasteiger partial charge is 0.279 e. The highest BCUT2D eigenvalue weighted by Gasteiger charge is 2.21. The van der Waals surface area contributed by atoms with Crippen LogP contribution in [0.25, 0.3) is 11.3 Å². The van der Waals surface area contributed by atoms with E-state index in [0.29, 0.717) is 28.0 Å². The average Bonchev–Trinajstić information content (AvgIpc) is 3.42. The number of oxazole rings is 2. The molecule has 4 rings (SSSR count). The number of aliphatic hydroxyl groups excluding tert-OH is 1. The number of carbonyl (C=O) groups excluding carboxylic acids is 1.